The lowest BCUT2D eigenvalue weighted by Crippen LogP contribution is -2.12. The second-order valence-corrected chi connectivity index (χ2v) is 12.1. The van der Waals surface area contributed by atoms with E-state index < -0.39 is 24.2 Å². The molecule has 0 spiro atoms. The van der Waals surface area contributed by atoms with E-state index in [0.717, 1.165) is 75.3 Å². The van der Waals surface area contributed by atoms with Crippen LogP contribution in [-0.4, -0.2) is 37.5 Å². The Morgan fingerprint density at radius 2 is 0.760 bits per heavy atom. The first kappa shape index (κ1) is 42.0. The lowest BCUT2D eigenvalue weighted by Gasteiger charge is -2.06. The minimum absolute atomic E-state index is 0.151. The van der Waals surface area contributed by atoms with E-state index >= 15 is 0 Å². The van der Waals surface area contributed by atoms with E-state index in [-0.39, 0.29) is 24.3 Å². The van der Waals surface area contributed by atoms with Crippen LogP contribution in [0.15, 0.2) is 48.5 Å². The van der Waals surface area contributed by atoms with E-state index in [1.165, 1.54) is 38.5 Å². The second kappa shape index (κ2) is 27.6. The number of aryl methyl sites for hydroxylation is 2. The van der Waals surface area contributed by atoms with Gasteiger partial charge in [0.25, 0.3) is 0 Å². The molecule has 50 heavy (non-hydrogen) atoms. The highest BCUT2D eigenvalue weighted by molar-refractivity contribution is 5.89. The number of unbranched alkanes of at least 4 members (excludes halogenated alkanes) is 13. The molecule has 0 aliphatic rings. The summed E-state index contributed by atoms with van der Waals surface area (Å²) in [5.41, 5.74) is 2.84. The second-order valence-electron chi connectivity index (χ2n) is 12.1. The fraction of sp³-hybridized carbons (Fsp3) is 0.579. The Labute approximate surface area is 295 Å². The van der Waals surface area contributed by atoms with Gasteiger partial charge in [-0.15, -0.1) is 0 Å². The zero-order chi connectivity index (χ0) is 36.1. The molecular weight excluding hydrogens is 648 g/mol. The standard InChI is InChI=1S/C38H54O12/c1-3-5-7-15-19-31-21-25-33(26-22-31)35(39)45-49-47-37(41)43-29-17-13-11-9-10-12-14-18-30-44-38(42)48-50-46-36(40)34-27-23-32(24-28-34)20-16-8-6-4-2/h21-28H,3-20,29-30H2,1-2H3. The van der Waals surface area contributed by atoms with Crippen LogP contribution in [0.25, 0.3) is 0 Å². The predicted molar refractivity (Wildman–Crippen MR) is 183 cm³/mol. The van der Waals surface area contributed by atoms with Gasteiger partial charge in [-0.3, -0.25) is 9.78 Å². The summed E-state index contributed by atoms with van der Waals surface area (Å²) in [6.07, 6.45) is 16.1. The third kappa shape index (κ3) is 20.4. The molecule has 0 amide bonds. The van der Waals surface area contributed by atoms with Crippen molar-refractivity contribution in [2.75, 3.05) is 13.2 Å². The highest BCUT2D eigenvalue weighted by Crippen LogP contribution is 2.13. The zero-order valence-corrected chi connectivity index (χ0v) is 29.7. The van der Waals surface area contributed by atoms with Crippen molar-refractivity contribution in [1.82, 2.24) is 0 Å². The van der Waals surface area contributed by atoms with Crippen LogP contribution < -0.4 is 0 Å². The molecular formula is C38H54O12. The van der Waals surface area contributed by atoms with Gasteiger partial charge < -0.3 is 9.47 Å². The van der Waals surface area contributed by atoms with Crippen molar-refractivity contribution in [2.45, 2.75) is 129 Å². The van der Waals surface area contributed by atoms with Gasteiger partial charge in [0.05, 0.1) is 34.4 Å². The minimum Gasteiger partial charge on any atom is -0.432 e. The molecule has 0 radical (unpaired) electrons. The maximum atomic E-state index is 12.0. The Kier molecular flexibility index (Phi) is 23.2. The first-order chi connectivity index (χ1) is 24.4. The smallest absolute Gasteiger partial charge is 0.432 e. The highest BCUT2D eigenvalue weighted by Gasteiger charge is 2.14. The van der Waals surface area contributed by atoms with Crippen LogP contribution in [0.2, 0.25) is 0 Å². The molecule has 0 saturated heterocycles. The molecule has 0 atom stereocenters. The van der Waals surface area contributed by atoms with Gasteiger partial charge in [0.15, 0.2) is 0 Å². The van der Waals surface area contributed by atoms with Gasteiger partial charge in [-0.1, -0.05) is 115 Å². The molecule has 0 heterocycles. The van der Waals surface area contributed by atoms with E-state index in [0.29, 0.717) is 12.8 Å². The molecule has 0 fully saturated rings. The molecule has 0 unspecified atom stereocenters. The average molecular weight is 703 g/mol. The van der Waals surface area contributed by atoms with E-state index in [9.17, 15) is 19.2 Å². The number of hydrogen-bond donors (Lipinski definition) is 0. The molecule has 2 rings (SSSR count). The Morgan fingerprint density at radius 3 is 1.12 bits per heavy atom. The Morgan fingerprint density at radius 1 is 0.420 bits per heavy atom. The third-order valence-electron chi connectivity index (χ3n) is 7.92. The number of carbonyl (C=O) groups is 4. The number of carbonyl (C=O) groups excluding carboxylic acids is 4. The fourth-order valence-corrected chi connectivity index (χ4v) is 5.00. The molecule has 0 aromatic heterocycles. The van der Waals surface area contributed by atoms with Crippen LogP contribution in [-0.2, 0) is 51.9 Å². The molecule has 0 aliphatic heterocycles. The normalized spacial score (nSPS) is 10.7. The van der Waals surface area contributed by atoms with Gasteiger partial charge in [0.1, 0.15) is 0 Å². The van der Waals surface area contributed by atoms with Crippen LogP contribution >= 0.6 is 0 Å². The van der Waals surface area contributed by atoms with Gasteiger partial charge in [-0.2, -0.15) is 0 Å². The molecule has 12 nitrogen and oxygen atoms in total. The molecule has 2 aromatic carbocycles. The topological polar surface area (TPSA) is 142 Å². The number of hydrogen-bond acceptors (Lipinski definition) is 12. The minimum atomic E-state index is -1.09. The van der Waals surface area contributed by atoms with E-state index in [1.54, 1.807) is 24.3 Å². The van der Waals surface area contributed by atoms with E-state index in [4.69, 9.17) is 9.47 Å². The Hall–Kier alpha value is -4.16. The van der Waals surface area contributed by atoms with E-state index in [2.05, 4.69) is 43.5 Å². The van der Waals surface area contributed by atoms with Gasteiger partial charge in [-0.25, -0.2) is 29.0 Å². The highest BCUT2D eigenvalue weighted by atomic mass is 17.5. The monoisotopic (exact) mass is 702 g/mol. The SMILES string of the molecule is CCCCCCc1ccc(C(=O)OOOC(=O)OCCCCCCCCCCOC(=O)OOOC(=O)c2ccc(CCCCCC)cc2)cc1. The van der Waals surface area contributed by atoms with Crippen LogP contribution in [0.3, 0.4) is 0 Å². The van der Waals surface area contributed by atoms with Crippen molar-refractivity contribution in [2.24, 2.45) is 0 Å². The molecule has 0 bridgehead atoms. The average Bonchev–Trinajstić information content (AvgIpc) is 3.12. The van der Waals surface area contributed by atoms with Crippen molar-refractivity contribution in [3.05, 3.63) is 70.8 Å². The molecule has 0 aliphatic carbocycles. The predicted octanol–water partition coefficient (Wildman–Crippen LogP) is 10.1. The summed E-state index contributed by atoms with van der Waals surface area (Å²) in [6, 6.07) is 14.0. The van der Waals surface area contributed by atoms with Crippen molar-refractivity contribution in [1.29, 1.82) is 0 Å². The lowest BCUT2D eigenvalue weighted by atomic mass is 10.0. The fourth-order valence-electron chi connectivity index (χ4n) is 5.00. The van der Waals surface area contributed by atoms with Gasteiger partial charge in [0, 0.05) is 0 Å². The van der Waals surface area contributed by atoms with Crippen molar-refractivity contribution in [3.63, 3.8) is 0 Å². The first-order valence-electron chi connectivity index (χ1n) is 18.0. The van der Waals surface area contributed by atoms with Crippen LogP contribution in [0.5, 0.6) is 0 Å². The summed E-state index contributed by atoms with van der Waals surface area (Å²) < 4.78 is 9.81. The van der Waals surface area contributed by atoms with Gasteiger partial charge in [-0.05, 0) is 73.9 Å². The molecule has 12 heteroatoms. The molecule has 2 aromatic rings. The summed E-state index contributed by atoms with van der Waals surface area (Å²) in [6.45, 7) is 4.64. The van der Waals surface area contributed by atoms with Crippen LogP contribution in [0.4, 0.5) is 9.59 Å². The molecule has 0 N–H and O–H groups in total. The van der Waals surface area contributed by atoms with Crippen LogP contribution in [0, 0.1) is 0 Å². The maximum Gasteiger partial charge on any atom is 0.543 e. The number of ether oxygens (including phenoxy) is 2. The number of rotatable bonds is 27. The summed E-state index contributed by atoms with van der Waals surface area (Å²) >= 11 is 0. The molecule has 278 valence electrons. The Bertz CT molecular complexity index is 1120. The van der Waals surface area contributed by atoms with Crippen molar-refractivity contribution < 1.29 is 58.3 Å². The van der Waals surface area contributed by atoms with Gasteiger partial charge >= 0.3 is 24.2 Å². The zero-order valence-electron chi connectivity index (χ0n) is 29.7. The van der Waals surface area contributed by atoms with Crippen molar-refractivity contribution >= 4 is 24.2 Å². The Balaban J connectivity index is 1.36. The summed E-state index contributed by atoms with van der Waals surface area (Å²) in [7, 11) is 0. The quantitative estimate of drug-likeness (QED) is 0.0378. The summed E-state index contributed by atoms with van der Waals surface area (Å²) in [4.78, 5) is 65.0. The summed E-state index contributed by atoms with van der Waals surface area (Å²) in [5.74, 6) is -1.56. The lowest BCUT2D eigenvalue weighted by molar-refractivity contribution is -0.452. The van der Waals surface area contributed by atoms with Crippen LogP contribution in [0.1, 0.15) is 148 Å². The third-order valence-corrected chi connectivity index (χ3v) is 7.92. The maximum absolute atomic E-state index is 12.0. The first-order valence-corrected chi connectivity index (χ1v) is 18.0. The summed E-state index contributed by atoms with van der Waals surface area (Å²) in [5, 5.41) is 8.54. The number of benzene rings is 2. The largest absolute Gasteiger partial charge is 0.543 e. The van der Waals surface area contributed by atoms with Gasteiger partial charge in [0.2, 0.25) is 0 Å². The van der Waals surface area contributed by atoms with E-state index in [1.807, 2.05) is 24.3 Å². The van der Waals surface area contributed by atoms with Crippen molar-refractivity contribution in [3.8, 4) is 0 Å². The molecule has 0 saturated carbocycles.